The molecule has 1 fully saturated rings. The number of hydrogen-bond acceptors (Lipinski definition) is 5. The van der Waals surface area contributed by atoms with E-state index in [-0.39, 0.29) is 22.9 Å². The van der Waals surface area contributed by atoms with Gasteiger partial charge in [-0.15, -0.1) is 0 Å². The summed E-state index contributed by atoms with van der Waals surface area (Å²) in [6.07, 6.45) is -3.11. The summed E-state index contributed by atoms with van der Waals surface area (Å²) in [6, 6.07) is 13.2. The second-order valence-electron chi connectivity index (χ2n) is 8.13. The zero-order chi connectivity index (χ0) is 24.9. The molecular formula is C23H25F3N2O5S. The molecule has 0 heterocycles. The first kappa shape index (κ1) is 25.7. The van der Waals surface area contributed by atoms with Crippen LogP contribution in [0.3, 0.4) is 0 Å². The number of nitrogens with zero attached hydrogens (tertiary/aromatic N) is 1. The number of sulfonamides is 1. The quantitative estimate of drug-likeness (QED) is 0.506. The highest BCUT2D eigenvalue weighted by atomic mass is 32.2. The van der Waals surface area contributed by atoms with Crippen LogP contribution in [0.1, 0.15) is 35.7 Å². The Morgan fingerprint density at radius 3 is 2.41 bits per heavy atom. The summed E-state index contributed by atoms with van der Waals surface area (Å²) < 4.78 is 71.3. The highest BCUT2D eigenvalue weighted by Gasteiger charge is 2.40. The molecule has 0 aliphatic heterocycles. The number of rotatable bonds is 10. The predicted molar refractivity (Wildman–Crippen MR) is 117 cm³/mol. The van der Waals surface area contributed by atoms with Crippen LogP contribution in [0, 0.1) is 5.92 Å². The van der Waals surface area contributed by atoms with Crippen LogP contribution in [-0.4, -0.2) is 50.6 Å². The summed E-state index contributed by atoms with van der Waals surface area (Å²) in [5, 5.41) is 0. The van der Waals surface area contributed by atoms with Crippen LogP contribution in [0.25, 0.3) is 0 Å². The van der Waals surface area contributed by atoms with Crippen molar-refractivity contribution in [1.82, 2.24) is 9.62 Å². The minimum atomic E-state index is -4.59. The second-order valence-corrected chi connectivity index (χ2v) is 9.90. The fourth-order valence-electron chi connectivity index (χ4n) is 3.43. The predicted octanol–water partition coefficient (Wildman–Crippen LogP) is 3.51. The number of nitrogens with one attached hydrogen (secondary N) is 1. The van der Waals surface area contributed by atoms with E-state index in [0.29, 0.717) is 4.90 Å². The van der Waals surface area contributed by atoms with Crippen molar-refractivity contribution in [2.75, 3.05) is 13.2 Å². The van der Waals surface area contributed by atoms with Crippen LogP contribution >= 0.6 is 0 Å². The van der Waals surface area contributed by atoms with Crippen molar-refractivity contribution in [2.45, 2.75) is 43.4 Å². The van der Waals surface area contributed by atoms with Gasteiger partial charge >= 0.3 is 12.1 Å². The fraction of sp³-hybridized carbons (Fsp3) is 0.391. The van der Waals surface area contributed by atoms with E-state index in [1.54, 1.807) is 37.3 Å². The van der Waals surface area contributed by atoms with Gasteiger partial charge in [-0.05, 0) is 49.4 Å². The summed E-state index contributed by atoms with van der Waals surface area (Å²) in [7, 11) is -3.95. The Bertz CT molecular complexity index is 1120. The molecule has 0 saturated heterocycles. The van der Waals surface area contributed by atoms with Gasteiger partial charge in [0, 0.05) is 12.6 Å². The van der Waals surface area contributed by atoms with E-state index in [2.05, 4.69) is 4.72 Å². The standard InChI is InChI=1S/C23H25F3N2O5S/c1-16(18-10-11-18)28(15-23(24,25)26)21(29)14-33-22(30)19-8-5-9-20(12-19)34(31,32)27-13-17-6-3-2-4-7-17/h2-9,12,16,18,27H,10-11,13-15H2,1H3. The molecule has 1 saturated carbocycles. The maximum atomic E-state index is 12.9. The van der Waals surface area contributed by atoms with Crippen molar-refractivity contribution in [3.63, 3.8) is 0 Å². The van der Waals surface area contributed by atoms with Gasteiger partial charge in [-0.3, -0.25) is 4.79 Å². The number of esters is 1. The van der Waals surface area contributed by atoms with Gasteiger partial charge in [0.2, 0.25) is 10.0 Å². The molecule has 0 bridgehead atoms. The van der Waals surface area contributed by atoms with Crippen LogP contribution in [0.4, 0.5) is 13.2 Å². The van der Waals surface area contributed by atoms with E-state index >= 15 is 0 Å². The molecule has 34 heavy (non-hydrogen) atoms. The van der Waals surface area contributed by atoms with Gasteiger partial charge in [0.1, 0.15) is 6.54 Å². The molecule has 184 valence electrons. The van der Waals surface area contributed by atoms with E-state index in [1.807, 2.05) is 0 Å². The van der Waals surface area contributed by atoms with Crippen molar-refractivity contribution in [3.8, 4) is 0 Å². The molecule has 1 aliphatic rings. The van der Waals surface area contributed by atoms with Crippen molar-refractivity contribution in [2.24, 2.45) is 5.92 Å². The Hall–Kier alpha value is -2.92. The van der Waals surface area contributed by atoms with Gasteiger partial charge in [0.05, 0.1) is 10.5 Å². The number of carbonyl (C=O) groups excluding carboxylic acids is 2. The Balaban J connectivity index is 1.63. The molecular weight excluding hydrogens is 473 g/mol. The van der Waals surface area contributed by atoms with Gasteiger partial charge in [-0.1, -0.05) is 36.4 Å². The monoisotopic (exact) mass is 498 g/mol. The van der Waals surface area contributed by atoms with E-state index in [1.165, 1.54) is 18.2 Å². The van der Waals surface area contributed by atoms with Gasteiger partial charge in [-0.2, -0.15) is 13.2 Å². The first-order valence-electron chi connectivity index (χ1n) is 10.6. The molecule has 11 heteroatoms. The minimum absolute atomic E-state index is 0.00715. The van der Waals surface area contributed by atoms with Crippen LogP contribution < -0.4 is 4.72 Å². The van der Waals surface area contributed by atoms with Gasteiger partial charge in [0.15, 0.2) is 6.61 Å². The number of alkyl halides is 3. The maximum Gasteiger partial charge on any atom is 0.406 e. The average molecular weight is 499 g/mol. The van der Waals surface area contributed by atoms with Crippen molar-refractivity contribution in [1.29, 1.82) is 0 Å². The zero-order valence-corrected chi connectivity index (χ0v) is 19.2. The molecule has 2 aromatic carbocycles. The lowest BCUT2D eigenvalue weighted by Gasteiger charge is -2.30. The molecule has 7 nitrogen and oxygen atoms in total. The molecule has 0 spiro atoms. The summed E-state index contributed by atoms with van der Waals surface area (Å²) in [5.41, 5.74) is 0.594. The third-order valence-electron chi connectivity index (χ3n) is 5.48. The smallest absolute Gasteiger partial charge is 0.406 e. The Morgan fingerprint density at radius 1 is 1.12 bits per heavy atom. The number of amides is 1. The molecule has 1 aliphatic carbocycles. The molecule has 1 N–H and O–H groups in total. The third kappa shape index (κ3) is 7.29. The zero-order valence-electron chi connectivity index (χ0n) is 18.4. The number of carbonyl (C=O) groups is 2. The fourth-order valence-corrected chi connectivity index (χ4v) is 4.49. The number of halogens is 3. The summed E-state index contributed by atoms with van der Waals surface area (Å²) in [5.74, 6) is -1.98. The van der Waals surface area contributed by atoms with Crippen LogP contribution in [0.2, 0.25) is 0 Å². The molecule has 3 rings (SSSR count). The molecule has 1 atom stereocenters. The van der Waals surface area contributed by atoms with Crippen LogP contribution in [0.5, 0.6) is 0 Å². The molecule has 0 radical (unpaired) electrons. The molecule has 1 unspecified atom stereocenters. The number of benzene rings is 2. The first-order chi connectivity index (χ1) is 16.0. The van der Waals surface area contributed by atoms with Crippen molar-refractivity contribution >= 4 is 21.9 Å². The maximum absolute atomic E-state index is 12.9. The summed E-state index contributed by atoms with van der Waals surface area (Å²) in [4.78, 5) is 25.3. The van der Waals surface area contributed by atoms with Gasteiger partial charge in [-0.25, -0.2) is 17.9 Å². The Morgan fingerprint density at radius 2 is 1.79 bits per heavy atom. The van der Waals surface area contributed by atoms with E-state index in [9.17, 15) is 31.2 Å². The van der Waals surface area contributed by atoms with E-state index in [4.69, 9.17) is 4.74 Å². The summed E-state index contributed by atoms with van der Waals surface area (Å²) >= 11 is 0. The lowest BCUT2D eigenvalue weighted by atomic mass is 10.2. The average Bonchev–Trinajstić information content (AvgIpc) is 3.65. The second kappa shape index (κ2) is 10.6. The SMILES string of the molecule is CC(C1CC1)N(CC(F)(F)F)C(=O)COC(=O)c1cccc(S(=O)(=O)NCc2ccccc2)c1. The van der Waals surface area contributed by atoms with Gasteiger partial charge < -0.3 is 9.64 Å². The lowest BCUT2D eigenvalue weighted by molar-refractivity contribution is -0.167. The highest BCUT2D eigenvalue weighted by Crippen LogP contribution is 2.36. The lowest BCUT2D eigenvalue weighted by Crippen LogP contribution is -2.47. The van der Waals surface area contributed by atoms with Crippen LogP contribution in [0.15, 0.2) is 59.5 Å². The Kier molecular flexibility index (Phi) is 7.98. The van der Waals surface area contributed by atoms with Crippen LogP contribution in [-0.2, 0) is 26.1 Å². The van der Waals surface area contributed by atoms with Gasteiger partial charge in [0.25, 0.3) is 5.91 Å². The molecule has 2 aromatic rings. The van der Waals surface area contributed by atoms with E-state index in [0.717, 1.165) is 24.5 Å². The number of ether oxygens (including phenoxy) is 1. The minimum Gasteiger partial charge on any atom is -0.452 e. The van der Waals surface area contributed by atoms with Crippen molar-refractivity contribution in [3.05, 3.63) is 65.7 Å². The first-order valence-corrected chi connectivity index (χ1v) is 12.1. The van der Waals surface area contributed by atoms with Crippen molar-refractivity contribution < 1.29 is 35.9 Å². The largest absolute Gasteiger partial charge is 0.452 e. The summed E-state index contributed by atoms with van der Waals surface area (Å²) in [6.45, 7) is -0.725. The highest BCUT2D eigenvalue weighted by molar-refractivity contribution is 7.89. The topological polar surface area (TPSA) is 92.8 Å². The molecule has 0 aromatic heterocycles. The van der Waals surface area contributed by atoms with E-state index < -0.39 is 47.3 Å². The normalized spacial score (nSPS) is 14.9. The Labute approximate surface area is 196 Å². The number of hydrogen-bond donors (Lipinski definition) is 1. The molecule has 1 amide bonds. The third-order valence-corrected chi connectivity index (χ3v) is 6.88.